The Balaban J connectivity index is 2.50. The topological polar surface area (TPSA) is 12.0 Å². The van der Waals surface area contributed by atoms with Crippen LogP contribution in [0.4, 0.5) is 8.78 Å². The van der Waals surface area contributed by atoms with E-state index in [9.17, 15) is 8.78 Å². The molecule has 0 aliphatic heterocycles. The third-order valence-electron chi connectivity index (χ3n) is 2.83. The number of thiophene rings is 1. The van der Waals surface area contributed by atoms with Crippen molar-refractivity contribution in [2.24, 2.45) is 0 Å². The molecule has 1 aromatic heterocycles. The Hall–Kier alpha value is -0.300. The van der Waals surface area contributed by atoms with Gasteiger partial charge >= 0.3 is 0 Å². The highest BCUT2D eigenvalue weighted by Gasteiger charge is 2.20. The van der Waals surface area contributed by atoms with Gasteiger partial charge in [0.1, 0.15) is 11.6 Å². The van der Waals surface area contributed by atoms with Crippen molar-refractivity contribution in [3.05, 3.63) is 54.1 Å². The van der Waals surface area contributed by atoms with E-state index < -0.39 is 11.6 Å². The number of hydrogen-bond acceptors (Lipinski definition) is 2. The average molecular weight is 411 g/mol. The van der Waals surface area contributed by atoms with Gasteiger partial charge in [0.2, 0.25) is 0 Å². The van der Waals surface area contributed by atoms with Gasteiger partial charge in [0.25, 0.3) is 0 Å². The molecule has 0 bridgehead atoms. The lowest BCUT2D eigenvalue weighted by molar-refractivity contribution is 0.549. The van der Waals surface area contributed by atoms with Crippen molar-refractivity contribution in [3.63, 3.8) is 0 Å². The number of aryl methyl sites for hydroxylation is 1. The SMILES string of the molecule is CNC(c1cc(Br)c(Br)s1)c1cc(C)c(F)cc1F. The standard InChI is InChI=1S/C13H11Br2F2NS/c1-6-3-7(10(17)5-9(6)16)12(18-2)11-4-8(14)13(15)19-11/h3-5,12,18H,1-2H3. The zero-order valence-corrected chi connectivity index (χ0v) is 14.2. The van der Waals surface area contributed by atoms with E-state index in [0.29, 0.717) is 11.1 Å². The molecule has 0 saturated carbocycles. The monoisotopic (exact) mass is 409 g/mol. The Labute approximate surface area is 131 Å². The molecule has 6 heteroatoms. The van der Waals surface area contributed by atoms with E-state index >= 15 is 0 Å². The molecule has 0 amide bonds. The number of rotatable bonds is 3. The molecule has 2 rings (SSSR count). The van der Waals surface area contributed by atoms with Crippen LogP contribution < -0.4 is 5.32 Å². The lowest BCUT2D eigenvalue weighted by Gasteiger charge is -2.16. The molecule has 0 aliphatic rings. The Morgan fingerprint density at radius 2 is 1.84 bits per heavy atom. The summed E-state index contributed by atoms with van der Waals surface area (Å²) in [5.74, 6) is -1.06. The fourth-order valence-electron chi connectivity index (χ4n) is 1.86. The van der Waals surface area contributed by atoms with E-state index in [1.54, 1.807) is 20.0 Å². The zero-order valence-electron chi connectivity index (χ0n) is 10.2. The van der Waals surface area contributed by atoms with Crippen LogP contribution in [-0.4, -0.2) is 7.05 Å². The highest BCUT2D eigenvalue weighted by atomic mass is 79.9. The molecule has 0 spiro atoms. The third-order valence-corrected chi connectivity index (χ3v) is 6.15. The van der Waals surface area contributed by atoms with Gasteiger partial charge in [-0.2, -0.15) is 0 Å². The Morgan fingerprint density at radius 1 is 1.16 bits per heavy atom. The highest BCUT2D eigenvalue weighted by molar-refractivity contribution is 9.13. The van der Waals surface area contributed by atoms with Crippen LogP contribution in [0.5, 0.6) is 0 Å². The maximum Gasteiger partial charge on any atom is 0.131 e. The first-order valence-electron chi connectivity index (χ1n) is 5.51. The molecule has 102 valence electrons. The Morgan fingerprint density at radius 3 is 2.37 bits per heavy atom. The first-order chi connectivity index (χ1) is 8.93. The summed E-state index contributed by atoms with van der Waals surface area (Å²) >= 11 is 8.34. The van der Waals surface area contributed by atoms with Crippen LogP contribution in [0.3, 0.4) is 0 Å². The molecule has 19 heavy (non-hydrogen) atoms. The van der Waals surface area contributed by atoms with Crippen molar-refractivity contribution in [2.45, 2.75) is 13.0 Å². The quantitative estimate of drug-likeness (QED) is 0.735. The van der Waals surface area contributed by atoms with Gasteiger partial charge < -0.3 is 5.32 Å². The van der Waals surface area contributed by atoms with Crippen molar-refractivity contribution in [2.75, 3.05) is 7.05 Å². The molecule has 0 fully saturated rings. The summed E-state index contributed by atoms with van der Waals surface area (Å²) in [6, 6.07) is 4.11. The van der Waals surface area contributed by atoms with Crippen molar-refractivity contribution < 1.29 is 8.78 Å². The predicted octanol–water partition coefficient (Wildman–Crippen LogP) is 5.17. The van der Waals surface area contributed by atoms with Crippen LogP contribution in [-0.2, 0) is 0 Å². The number of nitrogens with one attached hydrogen (secondary N) is 1. The van der Waals surface area contributed by atoms with Crippen LogP contribution in [0.25, 0.3) is 0 Å². The zero-order chi connectivity index (χ0) is 14.2. The largest absolute Gasteiger partial charge is 0.309 e. The second-order valence-corrected chi connectivity index (χ2v) is 7.37. The summed E-state index contributed by atoms with van der Waals surface area (Å²) in [7, 11) is 1.75. The van der Waals surface area contributed by atoms with Gasteiger partial charge in [0.05, 0.1) is 9.83 Å². The molecule has 1 nitrogen and oxygen atoms in total. The molecular weight excluding hydrogens is 400 g/mol. The first kappa shape index (κ1) is 15.1. The number of halogens is 4. The van der Waals surface area contributed by atoms with E-state index in [1.165, 1.54) is 11.3 Å². The van der Waals surface area contributed by atoms with Crippen molar-refractivity contribution >= 4 is 43.2 Å². The maximum atomic E-state index is 14.0. The summed E-state index contributed by atoms with van der Waals surface area (Å²) < 4.78 is 29.2. The van der Waals surface area contributed by atoms with Crippen LogP contribution >= 0.6 is 43.2 Å². The molecule has 0 aliphatic carbocycles. The van der Waals surface area contributed by atoms with Crippen molar-refractivity contribution in [1.29, 1.82) is 0 Å². The molecule has 1 aromatic carbocycles. The Bertz CT molecular complexity index is 593. The maximum absolute atomic E-state index is 14.0. The number of hydrogen-bond donors (Lipinski definition) is 1. The van der Waals surface area contributed by atoms with Crippen LogP contribution in [0.2, 0.25) is 0 Å². The Kier molecular flexibility index (Phi) is 4.76. The molecule has 1 heterocycles. The molecule has 0 radical (unpaired) electrons. The average Bonchev–Trinajstić information content (AvgIpc) is 2.67. The second kappa shape index (κ2) is 5.99. The molecular formula is C13H11Br2F2NS. The predicted molar refractivity (Wildman–Crippen MR) is 81.7 cm³/mol. The second-order valence-electron chi connectivity index (χ2n) is 4.12. The first-order valence-corrected chi connectivity index (χ1v) is 7.91. The van der Waals surface area contributed by atoms with Crippen LogP contribution in [0.15, 0.2) is 26.5 Å². The van der Waals surface area contributed by atoms with Gasteiger partial charge in [-0.25, -0.2) is 8.78 Å². The van der Waals surface area contributed by atoms with E-state index in [2.05, 4.69) is 37.2 Å². The van der Waals surface area contributed by atoms with Gasteiger partial charge in [-0.1, -0.05) is 0 Å². The van der Waals surface area contributed by atoms with E-state index in [-0.39, 0.29) is 6.04 Å². The fourth-order valence-corrected chi connectivity index (χ4v) is 4.08. The minimum absolute atomic E-state index is 0.299. The highest BCUT2D eigenvalue weighted by Crippen LogP contribution is 2.38. The summed E-state index contributed by atoms with van der Waals surface area (Å²) in [6.07, 6.45) is 0. The van der Waals surface area contributed by atoms with Gasteiger partial charge in [-0.05, 0) is 63.5 Å². The molecule has 1 unspecified atom stereocenters. The van der Waals surface area contributed by atoms with Crippen molar-refractivity contribution in [1.82, 2.24) is 5.32 Å². The van der Waals surface area contributed by atoms with E-state index in [4.69, 9.17) is 0 Å². The summed E-state index contributed by atoms with van der Waals surface area (Å²) in [5, 5.41) is 3.07. The van der Waals surface area contributed by atoms with Gasteiger partial charge in [0.15, 0.2) is 0 Å². The smallest absolute Gasteiger partial charge is 0.131 e. The summed E-state index contributed by atoms with van der Waals surface area (Å²) in [6.45, 7) is 1.63. The van der Waals surface area contributed by atoms with E-state index in [1.807, 2.05) is 6.07 Å². The molecule has 1 N–H and O–H groups in total. The lowest BCUT2D eigenvalue weighted by Crippen LogP contribution is -2.18. The summed E-state index contributed by atoms with van der Waals surface area (Å²) in [4.78, 5) is 0.950. The van der Waals surface area contributed by atoms with Crippen LogP contribution in [0, 0.1) is 18.6 Å². The number of benzene rings is 1. The normalized spacial score (nSPS) is 12.7. The van der Waals surface area contributed by atoms with Gasteiger partial charge in [-0.3, -0.25) is 0 Å². The van der Waals surface area contributed by atoms with Gasteiger partial charge in [0, 0.05) is 21.0 Å². The van der Waals surface area contributed by atoms with Crippen molar-refractivity contribution in [3.8, 4) is 0 Å². The van der Waals surface area contributed by atoms with E-state index in [0.717, 1.165) is 19.2 Å². The minimum Gasteiger partial charge on any atom is -0.309 e. The lowest BCUT2D eigenvalue weighted by atomic mass is 10.0. The summed E-state index contributed by atoms with van der Waals surface area (Å²) in [5.41, 5.74) is 0.883. The third kappa shape index (κ3) is 3.07. The van der Waals surface area contributed by atoms with Crippen LogP contribution in [0.1, 0.15) is 22.0 Å². The molecule has 0 saturated heterocycles. The fraction of sp³-hybridized carbons (Fsp3) is 0.231. The minimum atomic E-state index is -0.539. The molecule has 2 aromatic rings. The molecule has 1 atom stereocenters. The van der Waals surface area contributed by atoms with Gasteiger partial charge in [-0.15, -0.1) is 11.3 Å².